The molecule has 0 aliphatic heterocycles. The van der Waals surface area contributed by atoms with Gasteiger partial charge in [-0.3, -0.25) is 9.59 Å². The number of nitrogens with one attached hydrogen (secondary N) is 1. The van der Waals surface area contributed by atoms with Crippen LogP contribution in [0, 0.1) is 0 Å². The lowest BCUT2D eigenvalue weighted by atomic mass is 10.2. The van der Waals surface area contributed by atoms with E-state index in [-0.39, 0.29) is 6.73 Å². The molecule has 0 fully saturated rings. The minimum atomic E-state index is -0.883. The molecule has 0 aliphatic rings. The zero-order valence-electron chi connectivity index (χ0n) is 14.0. The van der Waals surface area contributed by atoms with Gasteiger partial charge in [-0.1, -0.05) is 35.5 Å². The number of carbonyl (C=O) groups is 2. The summed E-state index contributed by atoms with van der Waals surface area (Å²) in [5, 5.41) is 10.6. The Balaban J connectivity index is 1.62. The fourth-order valence-corrected chi connectivity index (χ4v) is 2.29. The number of nitrogens with zero attached hydrogens (tertiary/aromatic N) is 3. The van der Waals surface area contributed by atoms with E-state index in [0.29, 0.717) is 16.5 Å². The van der Waals surface area contributed by atoms with Gasteiger partial charge in [0.25, 0.3) is 11.5 Å². The summed E-state index contributed by atoms with van der Waals surface area (Å²) in [5.74, 6) is -1.08. The van der Waals surface area contributed by atoms with Gasteiger partial charge in [0.1, 0.15) is 11.6 Å². The van der Waals surface area contributed by atoms with E-state index in [4.69, 9.17) is 4.74 Å². The number of hydrogen-bond acceptors (Lipinski definition) is 6. The average molecular weight is 352 g/mol. The molecule has 3 rings (SSSR count). The molecule has 26 heavy (non-hydrogen) atoms. The van der Waals surface area contributed by atoms with Gasteiger partial charge >= 0.3 is 5.97 Å². The normalized spacial score (nSPS) is 11.7. The highest BCUT2D eigenvalue weighted by Crippen LogP contribution is 2.04. The van der Waals surface area contributed by atoms with E-state index in [2.05, 4.69) is 15.6 Å². The van der Waals surface area contributed by atoms with Gasteiger partial charge < -0.3 is 10.1 Å². The maximum absolute atomic E-state index is 12.3. The third-order valence-corrected chi connectivity index (χ3v) is 3.70. The number of carbonyl (C=O) groups excluding carboxylic acids is 2. The van der Waals surface area contributed by atoms with Crippen LogP contribution in [0.4, 0.5) is 0 Å². The molecule has 132 valence electrons. The standard InChI is InChI=1S/C18H16N4O4/c1-12(19-16(23)13-7-3-2-4-8-13)18(25)26-11-22-17(24)14-9-5-6-10-15(14)20-21-22/h2-10,12H,11H2,1H3,(H,19,23)/t12-/m1/s1. The summed E-state index contributed by atoms with van der Waals surface area (Å²) in [5.41, 5.74) is 0.483. The molecule has 1 heterocycles. The summed E-state index contributed by atoms with van der Waals surface area (Å²) >= 11 is 0. The third-order valence-electron chi connectivity index (χ3n) is 3.70. The highest BCUT2D eigenvalue weighted by Gasteiger charge is 2.18. The molecule has 8 nitrogen and oxygen atoms in total. The van der Waals surface area contributed by atoms with Gasteiger partial charge in [0.2, 0.25) is 0 Å². The van der Waals surface area contributed by atoms with Gasteiger partial charge in [0.15, 0.2) is 6.73 Å². The SMILES string of the molecule is C[C@@H](NC(=O)c1ccccc1)C(=O)OCn1nnc2ccccc2c1=O. The van der Waals surface area contributed by atoms with Crippen molar-refractivity contribution in [2.75, 3.05) is 0 Å². The number of rotatable bonds is 5. The Bertz CT molecular complexity index is 1000. The highest BCUT2D eigenvalue weighted by molar-refractivity contribution is 5.96. The molecule has 8 heteroatoms. The van der Waals surface area contributed by atoms with E-state index in [1.165, 1.54) is 6.92 Å². The first kappa shape index (κ1) is 17.3. The molecule has 1 aromatic heterocycles. The summed E-state index contributed by atoms with van der Waals surface area (Å²) < 4.78 is 6.01. The molecule has 0 bridgehead atoms. The lowest BCUT2D eigenvalue weighted by Crippen LogP contribution is -2.40. The van der Waals surface area contributed by atoms with Crippen molar-refractivity contribution >= 4 is 22.8 Å². The van der Waals surface area contributed by atoms with Crippen LogP contribution in [-0.4, -0.2) is 32.9 Å². The van der Waals surface area contributed by atoms with Crippen LogP contribution >= 0.6 is 0 Å². The second kappa shape index (κ2) is 7.56. The monoisotopic (exact) mass is 352 g/mol. The van der Waals surface area contributed by atoms with Crippen LogP contribution in [-0.2, 0) is 16.3 Å². The number of amides is 1. The van der Waals surface area contributed by atoms with Crippen molar-refractivity contribution in [3.8, 4) is 0 Å². The lowest BCUT2D eigenvalue weighted by Gasteiger charge is -2.13. The van der Waals surface area contributed by atoms with E-state index >= 15 is 0 Å². The van der Waals surface area contributed by atoms with Gasteiger partial charge in [-0.05, 0) is 31.2 Å². The maximum atomic E-state index is 12.3. The average Bonchev–Trinajstić information content (AvgIpc) is 2.68. The summed E-state index contributed by atoms with van der Waals surface area (Å²) in [6.45, 7) is 1.11. The van der Waals surface area contributed by atoms with Crippen LogP contribution in [0.25, 0.3) is 10.9 Å². The molecule has 0 radical (unpaired) electrons. The van der Waals surface area contributed by atoms with Crippen molar-refractivity contribution in [2.24, 2.45) is 0 Å². The Labute approximate surface area is 148 Å². The van der Waals surface area contributed by atoms with Crippen molar-refractivity contribution < 1.29 is 14.3 Å². The third kappa shape index (κ3) is 3.75. The van der Waals surface area contributed by atoms with Gasteiger partial charge in [-0.25, -0.2) is 4.79 Å². The van der Waals surface area contributed by atoms with Gasteiger partial charge in [-0.2, -0.15) is 4.68 Å². The van der Waals surface area contributed by atoms with Crippen LogP contribution in [0.3, 0.4) is 0 Å². The van der Waals surface area contributed by atoms with E-state index in [1.54, 1.807) is 54.6 Å². The zero-order chi connectivity index (χ0) is 18.5. The zero-order valence-corrected chi connectivity index (χ0v) is 14.0. The summed E-state index contributed by atoms with van der Waals surface area (Å²) in [4.78, 5) is 36.4. The highest BCUT2D eigenvalue weighted by atomic mass is 16.5. The van der Waals surface area contributed by atoms with Crippen molar-refractivity contribution in [1.82, 2.24) is 20.3 Å². The van der Waals surface area contributed by atoms with Crippen LogP contribution in [0.2, 0.25) is 0 Å². The van der Waals surface area contributed by atoms with Crippen molar-refractivity contribution in [1.29, 1.82) is 0 Å². The topological polar surface area (TPSA) is 103 Å². The quantitative estimate of drug-likeness (QED) is 0.690. The molecule has 0 saturated heterocycles. The van der Waals surface area contributed by atoms with Gasteiger partial charge in [0, 0.05) is 5.56 Å². The molecular formula is C18H16N4O4. The number of ether oxygens (including phenoxy) is 1. The largest absolute Gasteiger partial charge is 0.441 e. The smallest absolute Gasteiger partial charge is 0.330 e. The van der Waals surface area contributed by atoms with Crippen molar-refractivity contribution in [3.05, 3.63) is 70.5 Å². The van der Waals surface area contributed by atoms with E-state index in [1.807, 2.05) is 0 Å². The molecule has 3 aromatic rings. The predicted octanol–water partition coefficient (Wildman–Crippen LogP) is 1.11. The molecule has 0 unspecified atom stereocenters. The minimum absolute atomic E-state index is 0.379. The maximum Gasteiger partial charge on any atom is 0.330 e. The second-order valence-corrected chi connectivity index (χ2v) is 5.56. The number of hydrogen-bond donors (Lipinski definition) is 1. The van der Waals surface area contributed by atoms with Crippen LogP contribution in [0.1, 0.15) is 17.3 Å². The van der Waals surface area contributed by atoms with Crippen molar-refractivity contribution in [3.63, 3.8) is 0 Å². The first-order chi connectivity index (χ1) is 12.6. The number of esters is 1. The predicted molar refractivity (Wildman–Crippen MR) is 93.3 cm³/mol. The fourth-order valence-electron chi connectivity index (χ4n) is 2.29. The Kier molecular flexibility index (Phi) is 5.02. The molecule has 1 amide bonds. The molecule has 1 N–H and O–H groups in total. The summed E-state index contributed by atoms with van der Waals surface area (Å²) in [6.07, 6.45) is 0. The Morgan fingerprint density at radius 1 is 1.12 bits per heavy atom. The second-order valence-electron chi connectivity index (χ2n) is 5.56. The van der Waals surface area contributed by atoms with Crippen LogP contribution < -0.4 is 10.9 Å². The first-order valence-corrected chi connectivity index (χ1v) is 7.91. The minimum Gasteiger partial charge on any atom is -0.441 e. The van der Waals surface area contributed by atoms with Crippen LogP contribution in [0.5, 0.6) is 0 Å². The first-order valence-electron chi connectivity index (χ1n) is 7.91. The molecule has 0 saturated carbocycles. The van der Waals surface area contributed by atoms with Crippen molar-refractivity contribution in [2.45, 2.75) is 19.7 Å². The summed E-state index contributed by atoms with van der Waals surface area (Å²) in [6, 6.07) is 14.4. The Hall–Kier alpha value is -3.55. The van der Waals surface area contributed by atoms with E-state index in [9.17, 15) is 14.4 Å². The van der Waals surface area contributed by atoms with E-state index in [0.717, 1.165) is 4.68 Å². The molecule has 1 atom stereocenters. The molecule has 0 aliphatic carbocycles. The van der Waals surface area contributed by atoms with Crippen LogP contribution in [0.15, 0.2) is 59.4 Å². The number of fused-ring (bicyclic) bond motifs is 1. The number of aromatic nitrogens is 3. The number of benzene rings is 2. The molecule has 0 spiro atoms. The Morgan fingerprint density at radius 3 is 2.58 bits per heavy atom. The van der Waals surface area contributed by atoms with E-state index < -0.39 is 23.5 Å². The van der Waals surface area contributed by atoms with Gasteiger partial charge in [-0.15, -0.1) is 5.10 Å². The summed E-state index contributed by atoms with van der Waals surface area (Å²) in [7, 11) is 0. The fraction of sp³-hybridized carbons (Fsp3) is 0.167. The van der Waals surface area contributed by atoms with Gasteiger partial charge in [0.05, 0.1) is 5.39 Å². The lowest BCUT2D eigenvalue weighted by molar-refractivity contribution is -0.150. The molecule has 2 aromatic carbocycles. The Morgan fingerprint density at radius 2 is 1.81 bits per heavy atom. The molecular weight excluding hydrogens is 336 g/mol.